The molecule has 1 saturated carbocycles. The first kappa shape index (κ1) is 10.5. The third-order valence-electron chi connectivity index (χ3n) is 2.86. The summed E-state index contributed by atoms with van der Waals surface area (Å²) in [6.45, 7) is 2.22. The highest BCUT2D eigenvalue weighted by molar-refractivity contribution is 7.16. The minimum atomic E-state index is 0.454. The molecule has 1 aromatic heterocycles. The summed E-state index contributed by atoms with van der Waals surface area (Å²) in [6.07, 6.45) is 5.44. The first-order valence-electron chi connectivity index (χ1n) is 5.27. The Labute approximate surface area is 94.5 Å². The number of thiophene rings is 1. The molecule has 1 atom stereocenters. The van der Waals surface area contributed by atoms with Gasteiger partial charge in [0.05, 0.1) is 4.34 Å². The van der Waals surface area contributed by atoms with Crippen molar-refractivity contribution in [3.05, 3.63) is 21.3 Å². The molecule has 0 bridgehead atoms. The van der Waals surface area contributed by atoms with Crippen LogP contribution in [0.5, 0.6) is 0 Å². The summed E-state index contributed by atoms with van der Waals surface area (Å²) in [4.78, 5) is 1.35. The molecule has 14 heavy (non-hydrogen) atoms. The van der Waals surface area contributed by atoms with Crippen molar-refractivity contribution >= 4 is 22.9 Å². The molecule has 1 aliphatic carbocycles. The Hall–Kier alpha value is -0.0500. The van der Waals surface area contributed by atoms with Crippen LogP contribution in [-0.2, 0) is 0 Å². The van der Waals surface area contributed by atoms with Crippen LogP contribution in [0.4, 0.5) is 0 Å². The van der Waals surface area contributed by atoms with Gasteiger partial charge < -0.3 is 5.32 Å². The van der Waals surface area contributed by atoms with Gasteiger partial charge in [-0.1, -0.05) is 24.4 Å². The highest BCUT2D eigenvalue weighted by Crippen LogP contribution is 2.28. The molecule has 1 aliphatic rings. The molecule has 1 heterocycles. The molecule has 1 N–H and O–H groups in total. The summed E-state index contributed by atoms with van der Waals surface area (Å²) < 4.78 is 0.889. The SMILES string of the molecule is CC(NC1CCCC1)c1ccc(Cl)s1. The van der Waals surface area contributed by atoms with E-state index in [1.807, 2.05) is 6.07 Å². The second-order valence-electron chi connectivity index (χ2n) is 4.01. The van der Waals surface area contributed by atoms with E-state index in [0.29, 0.717) is 6.04 Å². The summed E-state index contributed by atoms with van der Waals surface area (Å²) >= 11 is 7.59. The van der Waals surface area contributed by atoms with E-state index >= 15 is 0 Å². The van der Waals surface area contributed by atoms with Crippen LogP contribution in [0.25, 0.3) is 0 Å². The normalized spacial score (nSPS) is 20.1. The standard InChI is InChI=1S/C11H16ClNS/c1-8(10-6-7-11(12)14-10)13-9-4-2-3-5-9/h6-9,13H,2-5H2,1H3. The van der Waals surface area contributed by atoms with E-state index in [0.717, 1.165) is 10.4 Å². The van der Waals surface area contributed by atoms with Crippen molar-refractivity contribution < 1.29 is 0 Å². The van der Waals surface area contributed by atoms with Crippen molar-refractivity contribution in [1.82, 2.24) is 5.32 Å². The maximum absolute atomic E-state index is 5.91. The van der Waals surface area contributed by atoms with E-state index in [1.54, 1.807) is 11.3 Å². The van der Waals surface area contributed by atoms with E-state index in [9.17, 15) is 0 Å². The molecule has 1 nitrogen and oxygen atoms in total. The van der Waals surface area contributed by atoms with E-state index in [4.69, 9.17) is 11.6 Å². The van der Waals surface area contributed by atoms with Crippen LogP contribution < -0.4 is 5.32 Å². The maximum atomic E-state index is 5.91. The average molecular weight is 230 g/mol. The number of halogens is 1. The molecular weight excluding hydrogens is 214 g/mol. The summed E-state index contributed by atoms with van der Waals surface area (Å²) in [5, 5.41) is 3.66. The molecule has 78 valence electrons. The average Bonchev–Trinajstić information content (AvgIpc) is 2.75. The van der Waals surface area contributed by atoms with E-state index < -0.39 is 0 Å². The van der Waals surface area contributed by atoms with Crippen molar-refractivity contribution in [3.63, 3.8) is 0 Å². The minimum absolute atomic E-state index is 0.454. The lowest BCUT2D eigenvalue weighted by atomic mass is 10.2. The second-order valence-corrected chi connectivity index (χ2v) is 5.76. The van der Waals surface area contributed by atoms with E-state index in [2.05, 4.69) is 18.3 Å². The number of rotatable bonds is 3. The van der Waals surface area contributed by atoms with Gasteiger partial charge in [0.2, 0.25) is 0 Å². The molecule has 1 unspecified atom stereocenters. The fourth-order valence-corrected chi connectivity index (χ4v) is 3.16. The fourth-order valence-electron chi connectivity index (χ4n) is 2.09. The molecule has 0 radical (unpaired) electrons. The van der Waals surface area contributed by atoms with Crippen LogP contribution in [0.3, 0.4) is 0 Å². The van der Waals surface area contributed by atoms with Crippen LogP contribution in [0.2, 0.25) is 4.34 Å². The van der Waals surface area contributed by atoms with Gasteiger partial charge >= 0.3 is 0 Å². The Morgan fingerprint density at radius 2 is 2.14 bits per heavy atom. The Balaban J connectivity index is 1.91. The smallest absolute Gasteiger partial charge is 0.0931 e. The third-order valence-corrected chi connectivity index (χ3v) is 4.28. The summed E-state index contributed by atoms with van der Waals surface area (Å²) in [7, 11) is 0. The van der Waals surface area contributed by atoms with Gasteiger partial charge in [0.25, 0.3) is 0 Å². The van der Waals surface area contributed by atoms with Gasteiger partial charge in [-0.05, 0) is 31.9 Å². The first-order chi connectivity index (χ1) is 6.75. The zero-order chi connectivity index (χ0) is 9.97. The van der Waals surface area contributed by atoms with Crippen LogP contribution in [0.15, 0.2) is 12.1 Å². The van der Waals surface area contributed by atoms with Crippen molar-refractivity contribution in [2.24, 2.45) is 0 Å². The summed E-state index contributed by atoms with van der Waals surface area (Å²) in [6, 6.07) is 5.29. The van der Waals surface area contributed by atoms with Crippen LogP contribution >= 0.6 is 22.9 Å². The predicted molar refractivity (Wildman–Crippen MR) is 63.1 cm³/mol. The molecule has 0 saturated heterocycles. The maximum Gasteiger partial charge on any atom is 0.0931 e. The Bertz CT molecular complexity index is 291. The molecular formula is C11H16ClNS. The monoisotopic (exact) mass is 229 g/mol. The molecule has 0 aromatic carbocycles. The van der Waals surface area contributed by atoms with Gasteiger partial charge in [-0.25, -0.2) is 0 Å². The zero-order valence-corrected chi connectivity index (χ0v) is 10.00. The van der Waals surface area contributed by atoms with Gasteiger partial charge in [-0.3, -0.25) is 0 Å². The Kier molecular flexibility index (Phi) is 3.47. The predicted octanol–water partition coefficient (Wildman–Crippen LogP) is 3.99. The molecule has 0 amide bonds. The van der Waals surface area contributed by atoms with Gasteiger partial charge in [-0.2, -0.15) is 0 Å². The lowest BCUT2D eigenvalue weighted by Crippen LogP contribution is -2.28. The summed E-state index contributed by atoms with van der Waals surface area (Å²) in [5.41, 5.74) is 0. The van der Waals surface area contributed by atoms with E-state index in [-0.39, 0.29) is 0 Å². The lowest BCUT2D eigenvalue weighted by molar-refractivity contribution is 0.465. The number of hydrogen-bond acceptors (Lipinski definition) is 2. The van der Waals surface area contributed by atoms with Crippen molar-refractivity contribution in [2.45, 2.75) is 44.7 Å². The number of hydrogen-bond donors (Lipinski definition) is 1. The quantitative estimate of drug-likeness (QED) is 0.827. The topological polar surface area (TPSA) is 12.0 Å². The van der Waals surface area contributed by atoms with Crippen LogP contribution in [0.1, 0.15) is 43.5 Å². The van der Waals surface area contributed by atoms with Crippen LogP contribution in [-0.4, -0.2) is 6.04 Å². The molecule has 0 spiro atoms. The highest BCUT2D eigenvalue weighted by atomic mass is 35.5. The zero-order valence-electron chi connectivity index (χ0n) is 8.42. The van der Waals surface area contributed by atoms with Crippen molar-refractivity contribution in [1.29, 1.82) is 0 Å². The van der Waals surface area contributed by atoms with Gasteiger partial charge in [0, 0.05) is 17.0 Å². The van der Waals surface area contributed by atoms with Gasteiger partial charge in [0.15, 0.2) is 0 Å². The van der Waals surface area contributed by atoms with Gasteiger partial charge in [0.1, 0.15) is 0 Å². The third kappa shape index (κ3) is 2.50. The minimum Gasteiger partial charge on any atom is -0.307 e. The molecule has 1 aromatic rings. The second kappa shape index (κ2) is 4.65. The van der Waals surface area contributed by atoms with Gasteiger partial charge in [-0.15, -0.1) is 11.3 Å². The first-order valence-corrected chi connectivity index (χ1v) is 6.46. The molecule has 3 heteroatoms. The van der Waals surface area contributed by atoms with Crippen molar-refractivity contribution in [2.75, 3.05) is 0 Å². The highest BCUT2D eigenvalue weighted by Gasteiger charge is 2.18. The Morgan fingerprint density at radius 1 is 1.43 bits per heavy atom. The molecule has 2 rings (SSSR count). The molecule has 1 fully saturated rings. The fraction of sp³-hybridized carbons (Fsp3) is 0.636. The Morgan fingerprint density at radius 3 is 2.71 bits per heavy atom. The lowest BCUT2D eigenvalue weighted by Gasteiger charge is -2.17. The number of nitrogens with one attached hydrogen (secondary N) is 1. The van der Waals surface area contributed by atoms with E-state index in [1.165, 1.54) is 30.6 Å². The molecule has 0 aliphatic heterocycles. The van der Waals surface area contributed by atoms with Crippen LogP contribution in [0, 0.1) is 0 Å². The largest absolute Gasteiger partial charge is 0.307 e. The van der Waals surface area contributed by atoms with Crippen molar-refractivity contribution in [3.8, 4) is 0 Å². The summed E-state index contributed by atoms with van der Waals surface area (Å²) in [5.74, 6) is 0.